The number of nitriles is 1. The predicted octanol–water partition coefficient (Wildman–Crippen LogP) is 6.32. The number of aromatic nitrogens is 1. The number of pyridine rings is 1. The lowest BCUT2D eigenvalue weighted by Gasteiger charge is -2.36. The number of nitrogens with one attached hydrogen (secondary N) is 1. The van der Waals surface area contributed by atoms with Gasteiger partial charge in [-0.15, -0.1) is 5.69 Å². The number of carbonyl (C=O) groups is 1. The number of carboxylic acids is 1. The molecule has 188 valence electrons. The van der Waals surface area contributed by atoms with Crippen LogP contribution in [0.2, 0.25) is 0 Å². The lowest BCUT2D eigenvalue weighted by molar-refractivity contribution is -0.137. The topological polar surface area (TPSA) is 110 Å². The summed E-state index contributed by atoms with van der Waals surface area (Å²) in [6.07, 6.45) is -2.53. The Morgan fingerprint density at radius 2 is 1.75 bits per heavy atom. The van der Waals surface area contributed by atoms with Crippen molar-refractivity contribution >= 4 is 17.5 Å². The number of hydrogen-bond donors (Lipinski definition) is 1. The quantitative estimate of drug-likeness (QED) is 0.453. The molecule has 2 N–H and O–H groups in total. The third-order valence-corrected chi connectivity index (χ3v) is 5.39. The number of hydrogen-bond acceptors (Lipinski definition) is 5. The third kappa shape index (κ3) is 6.73. The van der Waals surface area contributed by atoms with Crippen LogP contribution in [-0.2, 0) is 10.9 Å². The van der Waals surface area contributed by atoms with Crippen molar-refractivity contribution in [1.82, 2.24) is 4.98 Å². The van der Waals surface area contributed by atoms with Crippen molar-refractivity contribution in [3.63, 3.8) is 0 Å². The number of morpholine rings is 1. The molecule has 1 aromatic heterocycles. The summed E-state index contributed by atoms with van der Waals surface area (Å²) < 4.78 is 44.7. The van der Waals surface area contributed by atoms with E-state index >= 15 is 0 Å². The molecule has 2 aromatic carbocycles. The van der Waals surface area contributed by atoms with Crippen LogP contribution in [0.3, 0.4) is 0 Å². The normalized spacial score (nSPS) is 17.5. The molecule has 0 amide bonds. The van der Waals surface area contributed by atoms with Gasteiger partial charge in [0.1, 0.15) is 5.82 Å². The van der Waals surface area contributed by atoms with E-state index in [1.54, 1.807) is 12.3 Å². The fourth-order valence-electron chi connectivity index (χ4n) is 3.83. The van der Waals surface area contributed by atoms with E-state index in [0.717, 1.165) is 37.1 Å². The second-order valence-electron chi connectivity index (χ2n) is 8.32. The maximum Gasteiger partial charge on any atom is 0.417 e. The molecule has 3 aromatic rings. The Balaban J connectivity index is 0.000000212. The molecule has 1 fully saturated rings. The average molecular weight is 497 g/mol. The summed E-state index contributed by atoms with van der Waals surface area (Å²) in [7, 11) is 0. The van der Waals surface area contributed by atoms with Crippen LogP contribution in [0.15, 0.2) is 60.8 Å². The van der Waals surface area contributed by atoms with Gasteiger partial charge in [-0.25, -0.2) is 9.78 Å². The number of anilines is 1. The van der Waals surface area contributed by atoms with Crippen molar-refractivity contribution in [3.05, 3.63) is 83.2 Å². The third-order valence-electron chi connectivity index (χ3n) is 5.39. The zero-order valence-corrected chi connectivity index (χ0v) is 19.6. The summed E-state index contributed by atoms with van der Waals surface area (Å²) >= 11 is 0. The Labute approximate surface area is 206 Å². The van der Waals surface area contributed by atoms with Gasteiger partial charge in [0.05, 0.1) is 35.0 Å². The molecular weight excluding hydrogens is 473 g/mol. The SMILES string of the molecule is CC1CN(c2ccc([NH-])cn2)CC(C)O1.N#Cc1ccc(-c2cc(C(=O)O)ccc2C(F)(F)F)cc1. The number of aromatic carboxylic acids is 1. The molecule has 2 atom stereocenters. The maximum absolute atomic E-state index is 13.0. The monoisotopic (exact) mass is 497 g/mol. The van der Waals surface area contributed by atoms with Gasteiger partial charge in [-0.2, -0.15) is 18.4 Å². The van der Waals surface area contributed by atoms with Gasteiger partial charge < -0.3 is 20.5 Å². The van der Waals surface area contributed by atoms with Gasteiger partial charge in [-0.1, -0.05) is 18.2 Å². The second kappa shape index (κ2) is 11.1. The first-order chi connectivity index (χ1) is 17.0. The number of alkyl halides is 3. The van der Waals surface area contributed by atoms with E-state index in [9.17, 15) is 18.0 Å². The fourth-order valence-corrected chi connectivity index (χ4v) is 3.83. The minimum Gasteiger partial charge on any atom is -0.697 e. The molecule has 2 heterocycles. The van der Waals surface area contributed by atoms with Crippen molar-refractivity contribution in [2.24, 2.45) is 0 Å². The number of carboxylic acid groups (broad SMARTS) is 1. The molecule has 10 heteroatoms. The van der Waals surface area contributed by atoms with Gasteiger partial charge in [-0.3, -0.25) is 0 Å². The lowest BCUT2D eigenvalue weighted by atomic mass is 9.96. The number of benzene rings is 2. The summed E-state index contributed by atoms with van der Waals surface area (Å²) in [6, 6.07) is 13.6. The lowest BCUT2D eigenvalue weighted by Crippen LogP contribution is -2.45. The van der Waals surface area contributed by atoms with Crippen molar-refractivity contribution in [2.45, 2.75) is 32.2 Å². The van der Waals surface area contributed by atoms with Crippen LogP contribution in [0.4, 0.5) is 24.7 Å². The van der Waals surface area contributed by atoms with Crippen molar-refractivity contribution < 1.29 is 27.8 Å². The first-order valence-corrected chi connectivity index (χ1v) is 11.0. The van der Waals surface area contributed by atoms with Crippen molar-refractivity contribution in [1.29, 1.82) is 5.26 Å². The average Bonchev–Trinajstić information content (AvgIpc) is 2.83. The molecule has 0 bridgehead atoms. The highest BCUT2D eigenvalue weighted by Gasteiger charge is 2.34. The Hall–Kier alpha value is -4.10. The van der Waals surface area contributed by atoms with E-state index in [-0.39, 0.29) is 28.9 Å². The molecule has 1 aliphatic rings. The molecule has 4 rings (SSSR count). The zero-order chi connectivity index (χ0) is 26.5. The summed E-state index contributed by atoms with van der Waals surface area (Å²) in [5.41, 5.74) is 6.95. The van der Waals surface area contributed by atoms with E-state index in [1.807, 2.05) is 12.1 Å². The molecule has 0 radical (unpaired) electrons. The van der Waals surface area contributed by atoms with Gasteiger partial charge in [0, 0.05) is 19.3 Å². The summed E-state index contributed by atoms with van der Waals surface area (Å²) in [5, 5.41) is 17.6. The number of ether oxygens (including phenoxy) is 1. The number of rotatable bonds is 3. The van der Waals surface area contributed by atoms with Gasteiger partial charge in [0.2, 0.25) is 0 Å². The van der Waals surface area contributed by atoms with E-state index < -0.39 is 17.7 Å². The van der Waals surface area contributed by atoms with Crippen LogP contribution in [0, 0.1) is 11.3 Å². The van der Waals surface area contributed by atoms with Crippen molar-refractivity contribution in [2.75, 3.05) is 18.0 Å². The van der Waals surface area contributed by atoms with Crippen LogP contribution in [0.25, 0.3) is 16.9 Å². The van der Waals surface area contributed by atoms with Gasteiger partial charge >= 0.3 is 12.1 Å². The minimum absolute atomic E-state index is 0.199. The van der Waals surface area contributed by atoms with Crippen LogP contribution in [-0.4, -0.2) is 41.4 Å². The molecule has 0 aliphatic carbocycles. The Kier molecular flexibility index (Phi) is 8.17. The molecule has 1 aliphatic heterocycles. The molecule has 1 saturated heterocycles. The van der Waals surface area contributed by atoms with Gasteiger partial charge in [0.15, 0.2) is 0 Å². The fraction of sp³-hybridized carbons (Fsp3) is 0.269. The highest BCUT2D eigenvalue weighted by Crippen LogP contribution is 2.37. The van der Waals surface area contributed by atoms with Crippen LogP contribution in [0.5, 0.6) is 0 Å². The second-order valence-corrected chi connectivity index (χ2v) is 8.32. The number of nitrogens with zero attached hydrogens (tertiary/aromatic N) is 3. The molecule has 2 unspecified atom stereocenters. The summed E-state index contributed by atoms with van der Waals surface area (Å²) in [6.45, 7) is 5.88. The van der Waals surface area contributed by atoms with Gasteiger partial charge in [-0.05, 0) is 61.4 Å². The molecule has 0 saturated carbocycles. The smallest absolute Gasteiger partial charge is 0.417 e. The molecule has 7 nitrogen and oxygen atoms in total. The predicted molar refractivity (Wildman–Crippen MR) is 129 cm³/mol. The zero-order valence-electron chi connectivity index (χ0n) is 19.6. The maximum atomic E-state index is 13.0. The van der Waals surface area contributed by atoms with Crippen LogP contribution < -0.4 is 4.90 Å². The largest absolute Gasteiger partial charge is 0.697 e. The minimum atomic E-state index is -4.60. The van der Waals surface area contributed by atoms with E-state index in [0.29, 0.717) is 11.3 Å². The Bertz CT molecular complexity index is 1230. The first kappa shape index (κ1) is 26.5. The molecular formula is C26H24F3N4O3-. The van der Waals surface area contributed by atoms with Crippen molar-refractivity contribution in [3.8, 4) is 17.2 Å². The van der Waals surface area contributed by atoms with E-state index in [4.69, 9.17) is 20.8 Å². The molecule has 0 spiro atoms. The summed E-state index contributed by atoms with van der Waals surface area (Å²) in [5.74, 6) is -0.369. The summed E-state index contributed by atoms with van der Waals surface area (Å²) in [4.78, 5) is 17.4. The highest BCUT2D eigenvalue weighted by molar-refractivity contribution is 5.90. The van der Waals surface area contributed by atoms with E-state index in [1.165, 1.54) is 24.3 Å². The molecule has 36 heavy (non-hydrogen) atoms. The Morgan fingerprint density at radius 1 is 1.11 bits per heavy atom. The van der Waals surface area contributed by atoms with Crippen LogP contribution >= 0.6 is 0 Å². The number of halogens is 3. The van der Waals surface area contributed by atoms with Crippen LogP contribution in [0.1, 0.15) is 35.3 Å². The van der Waals surface area contributed by atoms with E-state index in [2.05, 4.69) is 23.7 Å². The first-order valence-electron chi connectivity index (χ1n) is 11.0. The highest BCUT2D eigenvalue weighted by atomic mass is 19.4. The van der Waals surface area contributed by atoms with Gasteiger partial charge in [0.25, 0.3) is 0 Å². The Morgan fingerprint density at radius 3 is 2.25 bits per heavy atom. The standard InChI is InChI=1S/C15H8F3NO2.C11H16N3O/c16-15(17,18)13-6-5-11(14(20)21)7-12(13)10-3-1-9(8-19)2-4-10;1-8-6-14(7-9(2)15-8)11-4-3-10(12)5-13-11/h1-7H,(H,20,21);3-5,8-9,12H,6-7H2,1-2H3/q;-1.